The highest BCUT2D eigenvalue weighted by Gasteiger charge is 2.34. The zero-order chi connectivity index (χ0) is 30.1. The maximum absolute atomic E-state index is 14.2. The minimum absolute atomic E-state index is 0.0291. The number of carbonyl (C=O) groups is 2. The summed E-state index contributed by atoms with van der Waals surface area (Å²) >= 11 is 6.39. The van der Waals surface area contributed by atoms with Crippen LogP contribution in [0.2, 0.25) is 5.02 Å². The van der Waals surface area contributed by atoms with Gasteiger partial charge in [-0.3, -0.25) is 13.9 Å². The highest BCUT2D eigenvalue weighted by Crippen LogP contribution is 2.32. The summed E-state index contributed by atoms with van der Waals surface area (Å²) < 4.78 is 34.2. The van der Waals surface area contributed by atoms with Crippen LogP contribution < -0.4 is 14.4 Å². The van der Waals surface area contributed by atoms with E-state index in [4.69, 9.17) is 16.3 Å². The van der Waals surface area contributed by atoms with Crippen molar-refractivity contribution in [2.75, 3.05) is 18.0 Å². The van der Waals surface area contributed by atoms with Crippen LogP contribution >= 0.6 is 11.6 Å². The van der Waals surface area contributed by atoms with E-state index in [-0.39, 0.29) is 34.1 Å². The molecule has 3 aromatic rings. The fourth-order valence-electron chi connectivity index (χ4n) is 5.30. The Morgan fingerprint density at radius 2 is 1.62 bits per heavy atom. The van der Waals surface area contributed by atoms with Gasteiger partial charge in [0.25, 0.3) is 10.0 Å². The molecule has 1 atom stereocenters. The molecule has 3 aromatic carbocycles. The lowest BCUT2D eigenvalue weighted by atomic mass is 9.95. The number of halogens is 1. The third-order valence-electron chi connectivity index (χ3n) is 7.57. The lowest BCUT2D eigenvalue weighted by molar-refractivity contribution is -0.140. The Morgan fingerprint density at radius 1 is 0.976 bits per heavy atom. The second-order valence-electron chi connectivity index (χ2n) is 10.4. The first-order valence-electron chi connectivity index (χ1n) is 14.3. The van der Waals surface area contributed by atoms with E-state index in [2.05, 4.69) is 5.32 Å². The molecule has 0 aromatic heterocycles. The van der Waals surface area contributed by atoms with Gasteiger partial charge in [0.15, 0.2) is 0 Å². The number of amides is 2. The van der Waals surface area contributed by atoms with Gasteiger partial charge < -0.3 is 15.0 Å². The van der Waals surface area contributed by atoms with Crippen LogP contribution in [0.3, 0.4) is 0 Å². The van der Waals surface area contributed by atoms with Crippen molar-refractivity contribution in [3.8, 4) is 5.75 Å². The van der Waals surface area contributed by atoms with Crippen molar-refractivity contribution < 1.29 is 22.7 Å². The largest absolute Gasteiger partial charge is 0.495 e. The minimum Gasteiger partial charge on any atom is -0.495 e. The summed E-state index contributed by atoms with van der Waals surface area (Å²) in [5.41, 5.74) is 1.04. The molecule has 1 aliphatic rings. The normalized spacial score (nSPS) is 14.5. The number of methoxy groups -OCH3 is 1. The predicted molar refractivity (Wildman–Crippen MR) is 165 cm³/mol. The Balaban J connectivity index is 1.71. The van der Waals surface area contributed by atoms with Crippen LogP contribution in [0.1, 0.15) is 51.0 Å². The van der Waals surface area contributed by atoms with Gasteiger partial charge in [-0.25, -0.2) is 8.42 Å². The van der Waals surface area contributed by atoms with Gasteiger partial charge in [-0.15, -0.1) is 0 Å². The van der Waals surface area contributed by atoms with Gasteiger partial charge >= 0.3 is 0 Å². The summed E-state index contributed by atoms with van der Waals surface area (Å²) in [7, 11) is -2.72. The molecule has 0 aliphatic heterocycles. The summed E-state index contributed by atoms with van der Waals surface area (Å²) in [4.78, 5) is 29.3. The molecule has 0 spiro atoms. The number of rotatable bonds is 12. The summed E-state index contributed by atoms with van der Waals surface area (Å²) in [6.45, 7) is 1.48. The molecule has 1 N–H and O–H groups in total. The van der Waals surface area contributed by atoms with E-state index < -0.39 is 28.5 Å². The van der Waals surface area contributed by atoms with Gasteiger partial charge in [-0.2, -0.15) is 0 Å². The van der Waals surface area contributed by atoms with Crippen molar-refractivity contribution in [1.29, 1.82) is 0 Å². The molecular formula is C32H38ClN3O5S. The summed E-state index contributed by atoms with van der Waals surface area (Å²) in [5.74, 6) is -0.352. The van der Waals surface area contributed by atoms with Gasteiger partial charge in [-0.05, 0) is 55.2 Å². The Labute approximate surface area is 253 Å². The number of nitrogens with one attached hydrogen (secondary N) is 1. The van der Waals surface area contributed by atoms with E-state index in [0.717, 1.165) is 42.0 Å². The molecule has 10 heteroatoms. The van der Waals surface area contributed by atoms with Crippen LogP contribution in [0.4, 0.5) is 5.69 Å². The maximum atomic E-state index is 14.2. The molecule has 1 aliphatic carbocycles. The van der Waals surface area contributed by atoms with Gasteiger partial charge in [-0.1, -0.05) is 86.3 Å². The van der Waals surface area contributed by atoms with Crippen LogP contribution in [0, 0.1) is 0 Å². The first-order valence-corrected chi connectivity index (χ1v) is 16.1. The van der Waals surface area contributed by atoms with Crippen LogP contribution in [0.15, 0.2) is 83.8 Å². The molecule has 0 heterocycles. The molecule has 42 heavy (non-hydrogen) atoms. The van der Waals surface area contributed by atoms with Crippen molar-refractivity contribution in [3.63, 3.8) is 0 Å². The summed E-state index contributed by atoms with van der Waals surface area (Å²) in [6, 6.07) is 21.2. The average Bonchev–Trinajstić information content (AvgIpc) is 3.01. The lowest BCUT2D eigenvalue weighted by Gasteiger charge is -2.34. The van der Waals surface area contributed by atoms with Crippen molar-refractivity contribution in [1.82, 2.24) is 10.2 Å². The number of nitrogens with zero attached hydrogens (tertiary/aromatic N) is 2. The number of sulfonamides is 1. The SMILES string of the molecule is CC[C@@H](C(=O)NC1CCCCC1)N(Cc1ccccc1)C(=O)CN(c1ccc(OC)c(Cl)c1)S(=O)(=O)c1ccccc1. The third-order valence-corrected chi connectivity index (χ3v) is 9.65. The Kier molecular flexibility index (Phi) is 10.9. The fourth-order valence-corrected chi connectivity index (χ4v) is 6.98. The van der Waals surface area contributed by atoms with Crippen LogP contribution in [-0.4, -0.2) is 50.9 Å². The molecule has 4 rings (SSSR count). The predicted octanol–water partition coefficient (Wildman–Crippen LogP) is 5.80. The van der Waals surface area contributed by atoms with E-state index in [1.54, 1.807) is 30.3 Å². The highest BCUT2D eigenvalue weighted by molar-refractivity contribution is 7.92. The molecule has 0 saturated heterocycles. The molecule has 1 saturated carbocycles. The van der Waals surface area contributed by atoms with E-state index >= 15 is 0 Å². The second-order valence-corrected chi connectivity index (χ2v) is 12.7. The zero-order valence-electron chi connectivity index (χ0n) is 24.0. The number of hydrogen-bond acceptors (Lipinski definition) is 5. The smallest absolute Gasteiger partial charge is 0.264 e. The van der Waals surface area contributed by atoms with Gasteiger partial charge in [0, 0.05) is 12.6 Å². The maximum Gasteiger partial charge on any atom is 0.264 e. The van der Waals surface area contributed by atoms with E-state index in [0.29, 0.717) is 12.2 Å². The van der Waals surface area contributed by atoms with Gasteiger partial charge in [0.05, 0.1) is 22.7 Å². The first-order chi connectivity index (χ1) is 20.2. The third kappa shape index (κ3) is 7.63. The number of ether oxygens (including phenoxy) is 1. The lowest BCUT2D eigenvalue weighted by Crippen LogP contribution is -2.54. The standard InChI is InChI=1S/C32H38ClN3O5S/c1-3-29(32(38)34-25-15-9-5-10-16-25)35(22-24-13-7-4-8-14-24)31(37)23-36(26-19-20-30(41-2)28(33)21-26)42(39,40)27-17-11-6-12-18-27/h4,6-8,11-14,17-21,25,29H,3,5,9-10,15-16,22-23H2,1-2H3,(H,34,38)/t29-/m0/s1. The molecule has 224 valence electrons. The van der Waals surface area contributed by atoms with E-state index in [1.807, 2.05) is 37.3 Å². The average molecular weight is 612 g/mol. The number of carbonyl (C=O) groups excluding carboxylic acids is 2. The van der Waals surface area contributed by atoms with Crippen molar-refractivity contribution >= 4 is 39.1 Å². The molecule has 0 bridgehead atoms. The Morgan fingerprint density at radius 3 is 2.21 bits per heavy atom. The topological polar surface area (TPSA) is 96.0 Å². The van der Waals surface area contributed by atoms with Crippen LogP contribution in [-0.2, 0) is 26.2 Å². The molecule has 0 radical (unpaired) electrons. The molecule has 8 nitrogen and oxygen atoms in total. The number of hydrogen-bond donors (Lipinski definition) is 1. The summed E-state index contributed by atoms with van der Waals surface area (Å²) in [6.07, 6.45) is 5.47. The highest BCUT2D eigenvalue weighted by atomic mass is 35.5. The summed E-state index contributed by atoms with van der Waals surface area (Å²) in [5, 5.41) is 3.36. The monoisotopic (exact) mass is 611 g/mol. The van der Waals surface area contributed by atoms with E-state index in [9.17, 15) is 18.0 Å². The molecular weight excluding hydrogens is 574 g/mol. The Bertz CT molecular complexity index is 1450. The Hall–Kier alpha value is -3.56. The zero-order valence-corrected chi connectivity index (χ0v) is 25.6. The van der Waals surface area contributed by atoms with Crippen molar-refractivity contribution in [2.24, 2.45) is 0 Å². The van der Waals surface area contributed by atoms with Gasteiger partial charge in [0.2, 0.25) is 11.8 Å². The van der Waals surface area contributed by atoms with Gasteiger partial charge in [0.1, 0.15) is 18.3 Å². The van der Waals surface area contributed by atoms with E-state index in [1.165, 1.54) is 30.2 Å². The molecule has 2 amide bonds. The molecule has 1 fully saturated rings. The second kappa shape index (κ2) is 14.6. The van der Waals surface area contributed by atoms with Crippen LogP contribution in [0.5, 0.6) is 5.75 Å². The minimum atomic E-state index is -4.18. The first kappa shape index (κ1) is 31.4. The van der Waals surface area contributed by atoms with Crippen molar-refractivity contribution in [3.05, 3.63) is 89.4 Å². The quantitative estimate of drug-likeness (QED) is 0.279. The number of anilines is 1. The molecule has 0 unspecified atom stereocenters. The fraction of sp³-hybridized carbons (Fsp3) is 0.375. The van der Waals surface area contributed by atoms with Crippen molar-refractivity contribution in [2.45, 2.75) is 69.0 Å². The van der Waals surface area contributed by atoms with Crippen LogP contribution in [0.25, 0.3) is 0 Å². The number of benzene rings is 3.